The number of aromatic carboxylic acids is 1. The van der Waals surface area contributed by atoms with Crippen LogP contribution in [0.5, 0.6) is 0 Å². The Labute approximate surface area is 81.1 Å². The van der Waals surface area contributed by atoms with E-state index in [-0.39, 0.29) is 11.1 Å². The van der Waals surface area contributed by atoms with Gasteiger partial charge in [-0.2, -0.15) is 0 Å². The fraction of sp³-hybridized carbons (Fsp3) is 0.200. The molecular formula is C10H11NO3. The molecule has 0 aliphatic rings. The van der Waals surface area contributed by atoms with Crippen LogP contribution >= 0.6 is 0 Å². The maximum atomic E-state index is 11.3. The van der Waals surface area contributed by atoms with Gasteiger partial charge in [0, 0.05) is 18.3 Å². The van der Waals surface area contributed by atoms with Crippen LogP contribution in [0.4, 0.5) is 0 Å². The zero-order chi connectivity index (χ0) is 10.7. The van der Waals surface area contributed by atoms with Crippen molar-refractivity contribution in [3.05, 3.63) is 46.4 Å². The van der Waals surface area contributed by atoms with Crippen molar-refractivity contribution in [2.45, 2.75) is 13.5 Å². The summed E-state index contributed by atoms with van der Waals surface area (Å²) in [5.41, 5.74) is 0.378. The second-order valence-corrected chi connectivity index (χ2v) is 2.88. The molecule has 0 aromatic carbocycles. The molecule has 0 aliphatic heterocycles. The van der Waals surface area contributed by atoms with Gasteiger partial charge < -0.3 is 9.67 Å². The molecule has 1 heterocycles. The standard InChI is InChI=1S/C10H11NO3/c1-3-6-11-7(2)8(10(13)14)4-5-9(11)12/h3-5H,1,6H2,2H3,(H,13,14). The molecule has 0 aliphatic carbocycles. The monoisotopic (exact) mass is 193 g/mol. The molecule has 1 N–H and O–H groups in total. The molecule has 74 valence electrons. The zero-order valence-corrected chi connectivity index (χ0v) is 7.86. The Kier molecular flexibility index (Phi) is 2.86. The minimum absolute atomic E-state index is 0.145. The lowest BCUT2D eigenvalue weighted by Gasteiger charge is -2.08. The molecule has 14 heavy (non-hydrogen) atoms. The second-order valence-electron chi connectivity index (χ2n) is 2.88. The average molecular weight is 193 g/mol. The number of nitrogens with zero attached hydrogens (tertiary/aromatic N) is 1. The molecule has 1 rings (SSSR count). The predicted molar refractivity (Wildman–Crippen MR) is 52.6 cm³/mol. The Morgan fingerprint density at radius 3 is 2.79 bits per heavy atom. The van der Waals surface area contributed by atoms with Gasteiger partial charge in [-0.15, -0.1) is 6.58 Å². The van der Waals surface area contributed by atoms with E-state index in [1.54, 1.807) is 13.0 Å². The topological polar surface area (TPSA) is 59.3 Å². The van der Waals surface area contributed by atoms with E-state index in [0.29, 0.717) is 12.2 Å². The second kappa shape index (κ2) is 3.91. The van der Waals surface area contributed by atoms with E-state index in [1.165, 1.54) is 16.7 Å². The minimum Gasteiger partial charge on any atom is -0.478 e. The fourth-order valence-electron chi connectivity index (χ4n) is 1.26. The fourth-order valence-corrected chi connectivity index (χ4v) is 1.26. The van der Waals surface area contributed by atoms with Gasteiger partial charge in [-0.05, 0) is 13.0 Å². The van der Waals surface area contributed by atoms with Crippen molar-refractivity contribution >= 4 is 5.97 Å². The highest BCUT2D eigenvalue weighted by molar-refractivity contribution is 5.88. The summed E-state index contributed by atoms with van der Waals surface area (Å²) in [5, 5.41) is 8.81. The lowest BCUT2D eigenvalue weighted by Crippen LogP contribution is -2.23. The van der Waals surface area contributed by atoms with E-state index in [1.807, 2.05) is 0 Å². The summed E-state index contributed by atoms with van der Waals surface area (Å²) in [5.74, 6) is -1.03. The van der Waals surface area contributed by atoms with Crippen LogP contribution in [0.25, 0.3) is 0 Å². The van der Waals surface area contributed by atoms with Gasteiger partial charge in [0.15, 0.2) is 0 Å². The molecule has 0 amide bonds. The number of hydrogen-bond donors (Lipinski definition) is 1. The van der Waals surface area contributed by atoms with Crippen molar-refractivity contribution in [1.29, 1.82) is 0 Å². The summed E-state index contributed by atoms with van der Waals surface area (Å²) < 4.78 is 1.37. The number of carboxylic acids is 1. The van der Waals surface area contributed by atoms with Crippen LogP contribution in [0.15, 0.2) is 29.6 Å². The number of carboxylic acid groups (broad SMARTS) is 1. The van der Waals surface area contributed by atoms with E-state index in [4.69, 9.17) is 5.11 Å². The Morgan fingerprint density at radius 2 is 2.29 bits per heavy atom. The third-order valence-electron chi connectivity index (χ3n) is 2.00. The van der Waals surface area contributed by atoms with Crippen LogP contribution < -0.4 is 5.56 Å². The van der Waals surface area contributed by atoms with Gasteiger partial charge in [-0.1, -0.05) is 6.08 Å². The SMILES string of the molecule is C=CCn1c(C)c(C(=O)O)ccc1=O. The Balaban J connectivity index is 3.40. The summed E-state index contributed by atoms with van der Waals surface area (Å²) in [4.78, 5) is 22.1. The Bertz CT molecular complexity index is 431. The van der Waals surface area contributed by atoms with E-state index < -0.39 is 5.97 Å². The van der Waals surface area contributed by atoms with E-state index in [9.17, 15) is 9.59 Å². The molecule has 1 aromatic heterocycles. The van der Waals surface area contributed by atoms with Gasteiger partial charge in [0.25, 0.3) is 5.56 Å². The molecule has 0 saturated heterocycles. The van der Waals surface area contributed by atoms with Crippen molar-refractivity contribution in [3.63, 3.8) is 0 Å². The average Bonchev–Trinajstić information content (AvgIpc) is 2.11. The quantitative estimate of drug-likeness (QED) is 0.729. The van der Waals surface area contributed by atoms with Gasteiger partial charge in [0.2, 0.25) is 0 Å². The lowest BCUT2D eigenvalue weighted by atomic mass is 10.2. The summed E-state index contributed by atoms with van der Waals surface area (Å²) in [6.45, 7) is 5.44. The molecule has 0 saturated carbocycles. The summed E-state index contributed by atoms with van der Waals surface area (Å²) in [7, 11) is 0. The van der Waals surface area contributed by atoms with Crippen molar-refractivity contribution in [3.8, 4) is 0 Å². The van der Waals surface area contributed by atoms with Crippen LogP contribution in [0, 0.1) is 6.92 Å². The van der Waals surface area contributed by atoms with Crippen LogP contribution in [0.2, 0.25) is 0 Å². The molecule has 4 heteroatoms. The van der Waals surface area contributed by atoms with Gasteiger partial charge in [-0.25, -0.2) is 4.79 Å². The Hall–Kier alpha value is -1.84. The number of pyridine rings is 1. The first-order chi connectivity index (χ1) is 6.57. The molecule has 4 nitrogen and oxygen atoms in total. The highest BCUT2D eigenvalue weighted by Crippen LogP contribution is 2.04. The van der Waals surface area contributed by atoms with Gasteiger partial charge in [-0.3, -0.25) is 4.79 Å². The maximum absolute atomic E-state index is 11.3. The minimum atomic E-state index is -1.03. The molecule has 0 atom stereocenters. The first-order valence-corrected chi connectivity index (χ1v) is 4.12. The molecule has 0 fully saturated rings. The molecule has 0 radical (unpaired) electrons. The molecule has 1 aromatic rings. The first kappa shape index (κ1) is 10.2. The van der Waals surface area contributed by atoms with Crippen molar-refractivity contribution in [2.24, 2.45) is 0 Å². The first-order valence-electron chi connectivity index (χ1n) is 4.12. The number of allylic oxidation sites excluding steroid dienone is 1. The highest BCUT2D eigenvalue weighted by atomic mass is 16.4. The Morgan fingerprint density at radius 1 is 1.64 bits per heavy atom. The van der Waals surface area contributed by atoms with Gasteiger partial charge in [0.1, 0.15) is 0 Å². The maximum Gasteiger partial charge on any atom is 0.337 e. The van der Waals surface area contributed by atoms with Crippen LogP contribution in [0.3, 0.4) is 0 Å². The smallest absolute Gasteiger partial charge is 0.337 e. The zero-order valence-electron chi connectivity index (χ0n) is 7.86. The summed E-state index contributed by atoms with van der Waals surface area (Å²) in [6, 6.07) is 2.57. The van der Waals surface area contributed by atoms with Gasteiger partial charge in [0.05, 0.1) is 5.56 Å². The van der Waals surface area contributed by atoms with E-state index in [2.05, 4.69) is 6.58 Å². The number of carbonyl (C=O) groups is 1. The third-order valence-corrected chi connectivity index (χ3v) is 2.00. The number of aromatic nitrogens is 1. The predicted octanol–water partition coefficient (Wildman–Crippen LogP) is 1.04. The van der Waals surface area contributed by atoms with Gasteiger partial charge >= 0.3 is 5.97 Å². The largest absolute Gasteiger partial charge is 0.478 e. The number of hydrogen-bond acceptors (Lipinski definition) is 2. The number of rotatable bonds is 3. The van der Waals surface area contributed by atoms with Crippen LogP contribution in [-0.2, 0) is 6.54 Å². The molecular weight excluding hydrogens is 182 g/mol. The van der Waals surface area contributed by atoms with Crippen molar-refractivity contribution < 1.29 is 9.90 Å². The summed E-state index contributed by atoms with van der Waals surface area (Å²) in [6.07, 6.45) is 1.56. The molecule has 0 spiro atoms. The van der Waals surface area contributed by atoms with E-state index in [0.717, 1.165) is 0 Å². The third kappa shape index (κ3) is 1.74. The molecule has 0 bridgehead atoms. The van der Waals surface area contributed by atoms with Crippen LogP contribution in [0.1, 0.15) is 16.1 Å². The van der Waals surface area contributed by atoms with E-state index >= 15 is 0 Å². The normalized spacial score (nSPS) is 9.79. The lowest BCUT2D eigenvalue weighted by molar-refractivity contribution is 0.0695. The van der Waals surface area contributed by atoms with Crippen molar-refractivity contribution in [1.82, 2.24) is 4.57 Å². The van der Waals surface area contributed by atoms with Crippen LogP contribution in [-0.4, -0.2) is 15.6 Å². The van der Waals surface area contributed by atoms with Crippen molar-refractivity contribution in [2.75, 3.05) is 0 Å². The molecule has 0 unspecified atom stereocenters. The highest BCUT2D eigenvalue weighted by Gasteiger charge is 2.10. The summed E-state index contributed by atoms with van der Waals surface area (Å²) >= 11 is 0.